The molecule has 32 heavy (non-hydrogen) atoms. The molecule has 0 unspecified atom stereocenters. The molecule has 1 saturated heterocycles. The molecule has 9 nitrogen and oxygen atoms in total. The number of nitrogens with one attached hydrogen (secondary N) is 1. The van der Waals surface area contributed by atoms with Gasteiger partial charge in [-0.3, -0.25) is 14.4 Å². The number of amides is 1. The summed E-state index contributed by atoms with van der Waals surface area (Å²) >= 11 is 0. The summed E-state index contributed by atoms with van der Waals surface area (Å²) in [5, 5.41) is 2.96. The van der Waals surface area contributed by atoms with Gasteiger partial charge in [-0.2, -0.15) is 0 Å². The highest BCUT2D eigenvalue weighted by Crippen LogP contribution is 2.36. The van der Waals surface area contributed by atoms with Gasteiger partial charge in [0, 0.05) is 25.2 Å². The van der Waals surface area contributed by atoms with Crippen molar-refractivity contribution in [2.24, 2.45) is 5.73 Å². The van der Waals surface area contributed by atoms with Crippen molar-refractivity contribution in [2.75, 3.05) is 20.2 Å². The van der Waals surface area contributed by atoms with Crippen molar-refractivity contribution in [3.05, 3.63) is 58.3 Å². The van der Waals surface area contributed by atoms with Crippen LogP contribution in [-0.2, 0) is 17.8 Å². The Morgan fingerprint density at radius 1 is 1.22 bits per heavy atom. The average Bonchev–Trinajstić information content (AvgIpc) is 3.43. The van der Waals surface area contributed by atoms with Crippen molar-refractivity contribution in [1.82, 2.24) is 19.8 Å². The molecule has 1 amide bonds. The van der Waals surface area contributed by atoms with E-state index in [2.05, 4.69) is 10.3 Å². The number of carbonyl (C=O) groups is 3. The van der Waals surface area contributed by atoms with Gasteiger partial charge in [0.1, 0.15) is 23.0 Å². The lowest BCUT2D eigenvalue weighted by atomic mass is 9.95. The number of ether oxygens (including phenoxy) is 1. The van der Waals surface area contributed by atoms with Gasteiger partial charge in [0.25, 0.3) is 0 Å². The molecule has 0 radical (unpaired) electrons. The molecule has 0 bridgehead atoms. The Kier molecular flexibility index (Phi) is 4.85. The Bertz CT molecular complexity index is 1160. The summed E-state index contributed by atoms with van der Waals surface area (Å²) in [5.74, 6) is 0.615. The number of nitrogens with zero attached hydrogens (tertiary/aromatic N) is 3. The topological polar surface area (TPSA) is 119 Å². The molecule has 166 valence electrons. The van der Waals surface area contributed by atoms with E-state index in [0.717, 1.165) is 24.4 Å². The van der Waals surface area contributed by atoms with Gasteiger partial charge in [0.05, 0.1) is 24.9 Å². The molecular formula is C23H25N5O4. The molecule has 1 aromatic heterocycles. The number of carbonyl (C=O) groups excluding carboxylic acids is 3. The first-order valence-electron chi connectivity index (χ1n) is 10.7. The molecule has 2 aliphatic heterocycles. The fourth-order valence-electron chi connectivity index (χ4n) is 4.48. The van der Waals surface area contributed by atoms with Crippen molar-refractivity contribution in [1.29, 1.82) is 0 Å². The number of benzene rings is 1. The number of ketones is 2. The number of methoxy groups -OCH3 is 1. The second-order valence-corrected chi connectivity index (χ2v) is 8.45. The fraction of sp³-hybridized carbons (Fsp3) is 0.391. The van der Waals surface area contributed by atoms with Gasteiger partial charge in [-0.1, -0.05) is 12.1 Å². The summed E-state index contributed by atoms with van der Waals surface area (Å²) in [7, 11) is 1.60. The predicted octanol–water partition coefficient (Wildman–Crippen LogP) is 0.991. The summed E-state index contributed by atoms with van der Waals surface area (Å²) < 4.78 is 6.93. The number of aromatic nitrogens is 2. The predicted molar refractivity (Wildman–Crippen MR) is 115 cm³/mol. The zero-order valence-electron chi connectivity index (χ0n) is 18.1. The smallest absolute Gasteiger partial charge is 0.237 e. The van der Waals surface area contributed by atoms with Gasteiger partial charge in [0.2, 0.25) is 17.5 Å². The van der Waals surface area contributed by atoms with Gasteiger partial charge in [-0.15, -0.1) is 0 Å². The lowest BCUT2D eigenvalue weighted by molar-refractivity contribution is -0.123. The molecule has 1 fully saturated rings. The lowest BCUT2D eigenvalue weighted by Crippen LogP contribution is -2.43. The monoisotopic (exact) mass is 435 g/mol. The Morgan fingerprint density at radius 2 is 1.94 bits per heavy atom. The number of fused-ring (bicyclic) bond motifs is 3. The highest BCUT2D eigenvalue weighted by molar-refractivity contribution is 6.25. The molecule has 3 aliphatic rings. The minimum atomic E-state index is -0.733. The van der Waals surface area contributed by atoms with Crippen LogP contribution in [0.4, 0.5) is 0 Å². The first kappa shape index (κ1) is 20.4. The van der Waals surface area contributed by atoms with Crippen LogP contribution in [0.15, 0.2) is 35.5 Å². The Balaban J connectivity index is 1.32. The molecule has 3 N–H and O–H groups in total. The minimum absolute atomic E-state index is 0.163. The van der Waals surface area contributed by atoms with Crippen LogP contribution < -0.4 is 15.8 Å². The second kappa shape index (κ2) is 7.59. The van der Waals surface area contributed by atoms with E-state index in [1.807, 2.05) is 29.2 Å². The number of rotatable bonds is 6. The third-order valence-corrected chi connectivity index (χ3v) is 6.32. The summed E-state index contributed by atoms with van der Waals surface area (Å²) in [6.45, 7) is 3.77. The molecule has 3 heterocycles. The number of hydrogen-bond acceptors (Lipinski definition) is 7. The second-order valence-electron chi connectivity index (χ2n) is 8.45. The standard InChI is InChI=1S/C23H25N5O4/c1-12-18(27-9-10-27)21(30)17-19(20(12)29)28-8-7-16(22(28)26-17)25-23(31)15(24)11-13-3-5-14(32-2)6-4-13/h3-6,15-16H,7-11,24H2,1-2H3,(H,25,31)/t15-,16-/m0/s1. The quantitative estimate of drug-likeness (QED) is 0.650. The van der Waals surface area contributed by atoms with Crippen LogP contribution >= 0.6 is 0 Å². The van der Waals surface area contributed by atoms with E-state index in [0.29, 0.717) is 42.2 Å². The first-order chi connectivity index (χ1) is 15.4. The number of Topliss-reactive ketones (excluding diaryl/α,β-unsaturated/α-hetero) is 2. The zero-order valence-corrected chi connectivity index (χ0v) is 18.1. The molecule has 2 aromatic rings. The van der Waals surface area contributed by atoms with Crippen LogP contribution in [0.2, 0.25) is 0 Å². The molecule has 0 spiro atoms. The summed E-state index contributed by atoms with van der Waals surface area (Å²) in [6.07, 6.45) is 0.979. The first-order valence-corrected chi connectivity index (χ1v) is 10.7. The Labute approximate surface area is 185 Å². The number of nitrogens with two attached hydrogens (primary N) is 1. The van der Waals surface area contributed by atoms with E-state index in [1.54, 1.807) is 18.6 Å². The van der Waals surface area contributed by atoms with E-state index in [-0.39, 0.29) is 29.2 Å². The van der Waals surface area contributed by atoms with E-state index in [9.17, 15) is 14.4 Å². The molecule has 1 aliphatic carbocycles. The fourth-order valence-corrected chi connectivity index (χ4v) is 4.48. The van der Waals surface area contributed by atoms with E-state index >= 15 is 0 Å². The maximum absolute atomic E-state index is 13.0. The lowest BCUT2D eigenvalue weighted by Gasteiger charge is -2.17. The SMILES string of the molecule is COc1ccc(C[C@H](N)C(=O)N[C@H]2CCn3c2nc2c3C(=O)C(C)=C(N3CC3)C2=O)cc1. The molecule has 5 rings (SSSR count). The third kappa shape index (κ3) is 3.29. The van der Waals surface area contributed by atoms with Crippen LogP contribution in [0.5, 0.6) is 5.75 Å². The number of imidazole rings is 1. The Morgan fingerprint density at radius 3 is 2.59 bits per heavy atom. The molecule has 1 aromatic carbocycles. The molecule has 9 heteroatoms. The van der Waals surface area contributed by atoms with Gasteiger partial charge in [-0.25, -0.2) is 4.98 Å². The van der Waals surface area contributed by atoms with Crippen molar-refractivity contribution in [3.63, 3.8) is 0 Å². The summed E-state index contributed by atoms with van der Waals surface area (Å²) in [5.41, 5.74) is 8.54. The summed E-state index contributed by atoms with van der Waals surface area (Å²) in [6, 6.07) is 6.29. The third-order valence-electron chi connectivity index (χ3n) is 6.32. The summed E-state index contributed by atoms with van der Waals surface area (Å²) in [4.78, 5) is 45.2. The van der Waals surface area contributed by atoms with Crippen LogP contribution in [0.25, 0.3) is 0 Å². The number of allylic oxidation sites excluding steroid dienone is 2. The average molecular weight is 435 g/mol. The van der Waals surface area contributed by atoms with Gasteiger partial charge < -0.3 is 25.3 Å². The zero-order chi connectivity index (χ0) is 22.6. The van der Waals surface area contributed by atoms with Crippen LogP contribution in [-0.4, -0.2) is 58.2 Å². The Hall–Kier alpha value is -3.46. The van der Waals surface area contributed by atoms with Crippen LogP contribution in [0.1, 0.15) is 51.8 Å². The van der Waals surface area contributed by atoms with Crippen molar-refractivity contribution < 1.29 is 19.1 Å². The van der Waals surface area contributed by atoms with Gasteiger partial charge in [-0.05, 0) is 37.5 Å². The van der Waals surface area contributed by atoms with E-state index in [1.165, 1.54) is 0 Å². The van der Waals surface area contributed by atoms with E-state index in [4.69, 9.17) is 10.5 Å². The molecule has 0 saturated carbocycles. The van der Waals surface area contributed by atoms with Crippen molar-refractivity contribution in [3.8, 4) is 5.75 Å². The molecular weight excluding hydrogens is 410 g/mol. The number of hydrogen-bond donors (Lipinski definition) is 2. The largest absolute Gasteiger partial charge is 0.497 e. The maximum Gasteiger partial charge on any atom is 0.237 e. The molecule has 2 atom stereocenters. The highest BCUT2D eigenvalue weighted by Gasteiger charge is 2.43. The van der Waals surface area contributed by atoms with Crippen molar-refractivity contribution in [2.45, 2.75) is 38.4 Å². The van der Waals surface area contributed by atoms with Crippen molar-refractivity contribution >= 4 is 17.5 Å². The maximum atomic E-state index is 13.0. The normalized spacial score (nSPS) is 20.2. The van der Waals surface area contributed by atoms with E-state index < -0.39 is 6.04 Å². The van der Waals surface area contributed by atoms with Crippen LogP contribution in [0, 0.1) is 0 Å². The highest BCUT2D eigenvalue weighted by atomic mass is 16.5. The van der Waals surface area contributed by atoms with Crippen LogP contribution in [0.3, 0.4) is 0 Å². The van der Waals surface area contributed by atoms with Gasteiger partial charge in [0.15, 0.2) is 0 Å². The minimum Gasteiger partial charge on any atom is -0.497 e. The van der Waals surface area contributed by atoms with Gasteiger partial charge >= 0.3 is 0 Å².